The van der Waals surface area contributed by atoms with Gasteiger partial charge >= 0.3 is 0 Å². The maximum Gasteiger partial charge on any atom is 0.160 e. The lowest BCUT2D eigenvalue weighted by Gasteiger charge is -2.18. The molecule has 2 N–H and O–H groups in total. The summed E-state index contributed by atoms with van der Waals surface area (Å²) in [4.78, 5) is 6.54. The molecule has 4 rings (SSSR count). The second kappa shape index (κ2) is 9.32. The van der Waals surface area contributed by atoms with Crippen LogP contribution in [0.25, 0.3) is 16.8 Å². The summed E-state index contributed by atoms with van der Waals surface area (Å²) in [6, 6.07) is 13.5. The number of benzene rings is 2. The minimum atomic E-state index is 0.175. The molecule has 0 unspecified atom stereocenters. The Hall–Kier alpha value is -3.52. The molecule has 7 nitrogen and oxygen atoms in total. The largest absolute Gasteiger partial charge is 0.510 e. The van der Waals surface area contributed by atoms with E-state index in [-0.39, 0.29) is 11.6 Å². The third-order valence-electron chi connectivity index (χ3n) is 5.38. The van der Waals surface area contributed by atoms with E-state index in [0.29, 0.717) is 41.6 Å². The molecule has 0 fully saturated rings. The molecule has 1 aliphatic heterocycles. The molecule has 1 aliphatic rings. The molecule has 0 radical (unpaired) electrons. The molecule has 0 bridgehead atoms. The van der Waals surface area contributed by atoms with Crippen molar-refractivity contribution in [3.05, 3.63) is 64.2 Å². The number of aromatic nitrogens is 1. The molecule has 0 saturated carbocycles. The summed E-state index contributed by atoms with van der Waals surface area (Å²) < 4.78 is 16.0. The molecule has 32 heavy (non-hydrogen) atoms. The predicted molar refractivity (Wildman–Crippen MR) is 126 cm³/mol. The number of rotatable bonds is 8. The summed E-state index contributed by atoms with van der Waals surface area (Å²) in [5.74, 6) is 2.58. The van der Waals surface area contributed by atoms with Gasteiger partial charge in [-0.3, -0.25) is 5.41 Å². The second-order valence-corrected chi connectivity index (χ2v) is 8.16. The molecule has 8 heteroatoms. The van der Waals surface area contributed by atoms with Gasteiger partial charge in [0.1, 0.15) is 22.4 Å². The first-order valence-corrected chi connectivity index (χ1v) is 11.0. The highest BCUT2D eigenvalue weighted by Gasteiger charge is 2.30. The minimum absolute atomic E-state index is 0.175. The zero-order valence-corrected chi connectivity index (χ0v) is 19.0. The predicted octanol–water partition coefficient (Wildman–Crippen LogP) is 4.64. The Morgan fingerprint density at radius 1 is 1.06 bits per heavy atom. The van der Waals surface area contributed by atoms with Crippen LogP contribution in [0.4, 0.5) is 0 Å². The number of aliphatic hydroxyl groups is 1. The number of amidine groups is 1. The zero-order valence-electron chi connectivity index (χ0n) is 18.2. The van der Waals surface area contributed by atoms with Gasteiger partial charge in [-0.15, -0.1) is 11.3 Å². The number of methoxy groups -OCH3 is 3. The van der Waals surface area contributed by atoms with Gasteiger partial charge in [0.25, 0.3) is 0 Å². The highest BCUT2D eigenvalue weighted by molar-refractivity contribution is 7.11. The quantitative estimate of drug-likeness (QED) is 0.519. The van der Waals surface area contributed by atoms with E-state index >= 15 is 0 Å². The summed E-state index contributed by atoms with van der Waals surface area (Å²) in [7, 11) is 4.85. The van der Waals surface area contributed by atoms with Gasteiger partial charge < -0.3 is 24.2 Å². The first kappa shape index (κ1) is 21.7. The van der Waals surface area contributed by atoms with Gasteiger partial charge in [0.2, 0.25) is 0 Å². The number of ether oxygens (including phenoxy) is 3. The van der Waals surface area contributed by atoms with Crippen molar-refractivity contribution < 1.29 is 19.3 Å². The zero-order chi connectivity index (χ0) is 22.7. The summed E-state index contributed by atoms with van der Waals surface area (Å²) in [5.41, 5.74) is 3.29. The SMILES string of the molecule is COc1cccc(-c2csc(C3=C(O)CN(CCc4ccc(OC)c(OC)c4)C3=N)n2)c1. The van der Waals surface area contributed by atoms with E-state index in [1.165, 1.54) is 11.3 Å². The normalized spacial score (nSPS) is 13.6. The molecule has 0 amide bonds. The van der Waals surface area contributed by atoms with Crippen LogP contribution in [0.2, 0.25) is 0 Å². The van der Waals surface area contributed by atoms with Crippen LogP contribution in [0.3, 0.4) is 0 Å². The number of thiazole rings is 1. The Balaban J connectivity index is 1.47. The van der Waals surface area contributed by atoms with Crippen LogP contribution in [-0.2, 0) is 6.42 Å². The standard InChI is InChI=1S/C24H25N3O4S/c1-29-17-6-4-5-16(12-17)18-14-32-24(26-18)22-19(28)13-27(23(22)25)10-9-15-7-8-20(30-2)21(11-15)31-3/h4-8,11-12,14,25,28H,9-10,13H2,1-3H3. The molecular weight excluding hydrogens is 426 g/mol. The van der Waals surface area contributed by atoms with Crippen molar-refractivity contribution in [2.45, 2.75) is 6.42 Å². The van der Waals surface area contributed by atoms with Crippen LogP contribution in [0.5, 0.6) is 17.2 Å². The van der Waals surface area contributed by atoms with Gasteiger partial charge in [-0.2, -0.15) is 0 Å². The van der Waals surface area contributed by atoms with Crippen molar-refractivity contribution >= 4 is 22.7 Å². The fraction of sp³-hybridized carbons (Fsp3) is 0.250. The maximum absolute atomic E-state index is 10.6. The molecule has 0 spiro atoms. The van der Waals surface area contributed by atoms with Crippen molar-refractivity contribution in [1.29, 1.82) is 5.41 Å². The van der Waals surface area contributed by atoms with Gasteiger partial charge in [0, 0.05) is 17.5 Å². The van der Waals surface area contributed by atoms with E-state index in [0.717, 1.165) is 22.6 Å². The van der Waals surface area contributed by atoms with Crippen LogP contribution in [0.15, 0.2) is 53.6 Å². The van der Waals surface area contributed by atoms with Gasteiger partial charge in [-0.1, -0.05) is 18.2 Å². The summed E-state index contributed by atoms with van der Waals surface area (Å²) >= 11 is 1.42. The topological polar surface area (TPSA) is 87.9 Å². The fourth-order valence-corrected chi connectivity index (χ4v) is 4.55. The Bertz CT molecular complexity index is 1170. The van der Waals surface area contributed by atoms with E-state index < -0.39 is 0 Å². The van der Waals surface area contributed by atoms with Crippen molar-refractivity contribution in [2.24, 2.45) is 0 Å². The molecular formula is C24H25N3O4S. The molecule has 0 atom stereocenters. The number of nitrogens with one attached hydrogen (secondary N) is 1. The molecule has 2 aromatic carbocycles. The van der Waals surface area contributed by atoms with Crippen LogP contribution >= 0.6 is 11.3 Å². The van der Waals surface area contributed by atoms with E-state index in [4.69, 9.17) is 19.6 Å². The Morgan fingerprint density at radius 2 is 1.88 bits per heavy atom. The van der Waals surface area contributed by atoms with E-state index in [1.54, 1.807) is 21.3 Å². The lowest BCUT2D eigenvalue weighted by molar-refractivity contribution is 0.349. The van der Waals surface area contributed by atoms with Gasteiger partial charge in [0.15, 0.2) is 11.5 Å². The Labute approximate surface area is 191 Å². The lowest BCUT2D eigenvalue weighted by atomic mass is 10.1. The maximum atomic E-state index is 10.6. The average Bonchev–Trinajstić information content (AvgIpc) is 3.41. The summed E-state index contributed by atoms with van der Waals surface area (Å²) in [5, 5.41) is 21.8. The van der Waals surface area contributed by atoms with Crippen LogP contribution in [-0.4, -0.2) is 55.2 Å². The molecule has 2 heterocycles. The summed E-state index contributed by atoms with van der Waals surface area (Å²) in [6.07, 6.45) is 0.705. The fourth-order valence-electron chi connectivity index (χ4n) is 3.65. The highest BCUT2D eigenvalue weighted by atomic mass is 32.1. The lowest BCUT2D eigenvalue weighted by Crippen LogP contribution is -2.28. The van der Waals surface area contributed by atoms with E-state index in [9.17, 15) is 5.11 Å². The van der Waals surface area contributed by atoms with Gasteiger partial charge in [-0.05, 0) is 36.2 Å². The van der Waals surface area contributed by atoms with E-state index in [2.05, 4.69) is 4.98 Å². The summed E-state index contributed by atoms with van der Waals surface area (Å²) in [6.45, 7) is 0.894. The Kier molecular flexibility index (Phi) is 6.32. The smallest absolute Gasteiger partial charge is 0.160 e. The minimum Gasteiger partial charge on any atom is -0.510 e. The Morgan fingerprint density at radius 3 is 2.62 bits per heavy atom. The van der Waals surface area contributed by atoms with Crippen molar-refractivity contribution in [1.82, 2.24) is 9.88 Å². The number of hydrogen-bond acceptors (Lipinski definition) is 7. The van der Waals surface area contributed by atoms with Crippen molar-refractivity contribution in [3.63, 3.8) is 0 Å². The number of hydrogen-bond donors (Lipinski definition) is 2. The molecule has 1 aromatic heterocycles. The third-order valence-corrected chi connectivity index (χ3v) is 6.24. The number of nitrogens with zero attached hydrogens (tertiary/aromatic N) is 2. The molecule has 3 aromatic rings. The van der Waals surface area contributed by atoms with Crippen molar-refractivity contribution in [3.8, 4) is 28.5 Å². The first-order valence-electron chi connectivity index (χ1n) is 10.1. The third kappa shape index (κ3) is 4.27. The first-order chi connectivity index (χ1) is 15.5. The number of aliphatic hydroxyl groups excluding tert-OH is 1. The van der Waals surface area contributed by atoms with Crippen LogP contribution < -0.4 is 14.2 Å². The molecule has 166 valence electrons. The molecule has 0 aliphatic carbocycles. The van der Waals surface area contributed by atoms with Gasteiger partial charge in [0.05, 0.1) is 39.1 Å². The second-order valence-electron chi connectivity index (χ2n) is 7.30. The van der Waals surface area contributed by atoms with Crippen molar-refractivity contribution in [2.75, 3.05) is 34.4 Å². The van der Waals surface area contributed by atoms with E-state index in [1.807, 2.05) is 52.7 Å². The highest BCUT2D eigenvalue weighted by Crippen LogP contribution is 2.33. The molecule has 0 saturated heterocycles. The monoisotopic (exact) mass is 451 g/mol. The van der Waals surface area contributed by atoms with Crippen LogP contribution in [0.1, 0.15) is 10.6 Å². The van der Waals surface area contributed by atoms with Gasteiger partial charge in [-0.25, -0.2) is 4.98 Å². The van der Waals surface area contributed by atoms with Crippen LogP contribution in [0, 0.1) is 5.41 Å². The average molecular weight is 452 g/mol.